The average Bonchev–Trinajstić information content (AvgIpc) is 3.78. The fraction of sp³-hybridized carbons (Fsp3) is 0.600. The van der Waals surface area contributed by atoms with Crippen molar-refractivity contribution in [1.82, 2.24) is 0 Å². The van der Waals surface area contributed by atoms with Crippen LogP contribution >= 0.6 is 0 Å². The number of ether oxygens (including phenoxy) is 4. The van der Waals surface area contributed by atoms with Gasteiger partial charge in [0.15, 0.2) is 0 Å². The standard InChI is InChI=1S/C30H54O9Si6/c1-40(2,29-17-13-25(14-18-29)31-21-27-23-33-27)35-42(5,6)37-44(9,10)39-45(11,12)38-43(7,8)36-41(3,4)30-19-15-26(16-20-30)32-22-28-24-34-28/h13-20,27-28H,21-24H2,1-12H3. The van der Waals surface area contributed by atoms with Crippen molar-refractivity contribution in [3.05, 3.63) is 48.5 Å². The van der Waals surface area contributed by atoms with E-state index in [9.17, 15) is 0 Å². The highest BCUT2D eigenvalue weighted by molar-refractivity contribution is 6.95. The molecule has 0 bridgehead atoms. The first-order valence-electron chi connectivity index (χ1n) is 15.9. The predicted octanol–water partition coefficient (Wildman–Crippen LogP) is 5.66. The van der Waals surface area contributed by atoms with E-state index in [1.165, 1.54) is 10.4 Å². The third-order valence-electron chi connectivity index (χ3n) is 7.25. The Morgan fingerprint density at radius 3 is 1.00 bits per heavy atom. The number of hydrogen-bond acceptors (Lipinski definition) is 9. The van der Waals surface area contributed by atoms with Gasteiger partial charge >= 0.3 is 34.2 Å². The number of benzene rings is 2. The molecule has 0 N–H and O–H groups in total. The van der Waals surface area contributed by atoms with E-state index in [-0.39, 0.29) is 12.2 Å². The molecule has 2 heterocycles. The zero-order valence-electron chi connectivity index (χ0n) is 29.3. The van der Waals surface area contributed by atoms with E-state index in [0.29, 0.717) is 13.2 Å². The van der Waals surface area contributed by atoms with Gasteiger partial charge in [-0.25, -0.2) is 0 Å². The fourth-order valence-electron chi connectivity index (χ4n) is 5.82. The highest BCUT2D eigenvalue weighted by atomic mass is 28.5. The Balaban J connectivity index is 1.31. The molecule has 0 aliphatic carbocycles. The summed E-state index contributed by atoms with van der Waals surface area (Å²) in [5.74, 6) is 1.70. The van der Waals surface area contributed by atoms with Crippen molar-refractivity contribution in [3.63, 3.8) is 0 Å². The van der Waals surface area contributed by atoms with E-state index in [4.69, 9.17) is 39.5 Å². The molecule has 0 spiro atoms. The van der Waals surface area contributed by atoms with Gasteiger partial charge in [0.05, 0.1) is 13.2 Å². The molecule has 2 saturated heterocycles. The molecule has 252 valence electrons. The number of hydrogen-bond donors (Lipinski definition) is 0. The summed E-state index contributed by atoms with van der Waals surface area (Å²) in [5.41, 5.74) is 0. The van der Waals surface area contributed by atoms with Crippen molar-refractivity contribution in [2.75, 3.05) is 26.4 Å². The normalized spacial score (nSPS) is 19.4. The molecule has 2 aromatic rings. The molecule has 15 heteroatoms. The summed E-state index contributed by atoms with van der Waals surface area (Å²) in [5, 5.41) is 2.40. The van der Waals surface area contributed by atoms with Gasteiger partial charge in [-0.05, 0) is 113 Å². The van der Waals surface area contributed by atoms with Crippen LogP contribution in [0.1, 0.15) is 0 Å². The molecular weight excluding hydrogens is 673 g/mol. The first kappa shape index (κ1) is 36.9. The summed E-state index contributed by atoms with van der Waals surface area (Å²) in [6.07, 6.45) is 0.476. The van der Waals surface area contributed by atoms with E-state index < -0.39 is 50.9 Å². The molecule has 0 saturated carbocycles. The van der Waals surface area contributed by atoms with Gasteiger partial charge in [-0.2, -0.15) is 0 Å². The van der Waals surface area contributed by atoms with E-state index in [1.54, 1.807) is 0 Å². The second-order valence-electron chi connectivity index (χ2n) is 14.7. The maximum Gasteiger partial charge on any atom is 0.314 e. The molecular formula is C30H54O9Si6. The number of rotatable bonds is 18. The molecule has 2 aromatic carbocycles. The van der Waals surface area contributed by atoms with Gasteiger partial charge in [-0.3, -0.25) is 0 Å². The maximum atomic E-state index is 6.86. The fourth-order valence-corrected chi connectivity index (χ4v) is 34.9. The lowest BCUT2D eigenvalue weighted by atomic mass is 10.3. The van der Waals surface area contributed by atoms with Gasteiger partial charge in [0.1, 0.15) is 36.9 Å². The molecule has 45 heavy (non-hydrogen) atoms. The zero-order chi connectivity index (χ0) is 33.3. The first-order chi connectivity index (χ1) is 20.6. The van der Waals surface area contributed by atoms with E-state index in [1.807, 2.05) is 24.3 Å². The molecule has 0 aromatic heterocycles. The van der Waals surface area contributed by atoms with Crippen molar-refractivity contribution in [2.24, 2.45) is 0 Å². The van der Waals surface area contributed by atoms with Gasteiger partial charge in [-0.1, -0.05) is 24.3 Å². The van der Waals surface area contributed by atoms with Crippen molar-refractivity contribution < 1.29 is 39.5 Å². The Kier molecular flexibility index (Phi) is 11.4. The topological polar surface area (TPSA) is 89.7 Å². The maximum absolute atomic E-state index is 6.86. The molecule has 2 atom stereocenters. The summed E-state index contributed by atoms with van der Waals surface area (Å²) < 4.78 is 56.2. The summed E-state index contributed by atoms with van der Waals surface area (Å²) in [7, 11) is -14.9. The first-order valence-corrected chi connectivity index (χ1v) is 32.9. The minimum atomic E-state index is -2.62. The van der Waals surface area contributed by atoms with Crippen LogP contribution in [0.3, 0.4) is 0 Å². The molecule has 0 radical (unpaired) electrons. The lowest BCUT2D eigenvalue weighted by Gasteiger charge is -2.43. The number of epoxide rings is 2. The second kappa shape index (κ2) is 13.9. The predicted molar refractivity (Wildman–Crippen MR) is 193 cm³/mol. The third kappa shape index (κ3) is 12.2. The molecule has 2 aliphatic rings. The van der Waals surface area contributed by atoms with Crippen molar-refractivity contribution >= 4 is 61.3 Å². The molecule has 2 unspecified atom stereocenters. The van der Waals surface area contributed by atoms with Crippen molar-refractivity contribution in [2.45, 2.75) is 90.8 Å². The van der Waals surface area contributed by atoms with E-state index in [2.05, 4.69) is 103 Å². The van der Waals surface area contributed by atoms with Crippen LogP contribution in [-0.2, 0) is 30.0 Å². The summed E-state index contributed by atoms with van der Waals surface area (Å²) >= 11 is 0. The van der Waals surface area contributed by atoms with Crippen LogP contribution < -0.4 is 19.8 Å². The Morgan fingerprint density at radius 2 is 0.733 bits per heavy atom. The van der Waals surface area contributed by atoms with E-state index >= 15 is 0 Å². The van der Waals surface area contributed by atoms with Crippen LogP contribution in [0.2, 0.25) is 78.6 Å². The monoisotopic (exact) mass is 726 g/mol. The second-order valence-corrected chi connectivity index (χ2v) is 37.2. The van der Waals surface area contributed by atoms with Crippen LogP contribution in [0.15, 0.2) is 48.5 Å². The van der Waals surface area contributed by atoms with E-state index in [0.717, 1.165) is 24.7 Å². The highest BCUT2D eigenvalue weighted by Crippen LogP contribution is 2.28. The molecule has 2 fully saturated rings. The molecule has 2 aliphatic heterocycles. The minimum absolute atomic E-state index is 0.238. The molecule has 4 rings (SSSR count). The smallest absolute Gasteiger partial charge is 0.314 e. The van der Waals surface area contributed by atoms with Gasteiger partial charge in [-0.15, -0.1) is 0 Å². The van der Waals surface area contributed by atoms with Gasteiger partial charge in [0, 0.05) is 0 Å². The zero-order valence-corrected chi connectivity index (χ0v) is 35.3. The average molecular weight is 727 g/mol. The van der Waals surface area contributed by atoms with Crippen molar-refractivity contribution in [3.8, 4) is 11.5 Å². The summed E-state index contributed by atoms with van der Waals surface area (Å²) in [4.78, 5) is 0. The highest BCUT2D eigenvalue weighted by Gasteiger charge is 2.47. The van der Waals surface area contributed by atoms with Crippen LogP contribution in [0, 0.1) is 0 Å². The minimum Gasteiger partial charge on any atom is -0.491 e. The lowest BCUT2D eigenvalue weighted by molar-refractivity contribution is 0.263. The quantitative estimate of drug-likeness (QED) is 0.143. The van der Waals surface area contributed by atoms with Crippen molar-refractivity contribution in [1.29, 1.82) is 0 Å². The summed E-state index contributed by atoms with van der Waals surface area (Å²) in [6, 6.07) is 16.6. The molecule has 0 amide bonds. The van der Waals surface area contributed by atoms with Gasteiger partial charge < -0.3 is 39.5 Å². The SMILES string of the molecule is C[Si](C)(O[Si](C)(C)O[Si](C)(C)O[Si](C)(C)c1ccc(OCC2CO2)cc1)O[Si](C)(C)O[Si](C)(C)c1ccc(OCC2CO2)cc1. The van der Waals surface area contributed by atoms with Crippen LogP contribution in [0.25, 0.3) is 0 Å². The Hall–Kier alpha value is -0.939. The largest absolute Gasteiger partial charge is 0.491 e. The van der Waals surface area contributed by atoms with Crippen LogP contribution in [0.4, 0.5) is 0 Å². The van der Waals surface area contributed by atoms with Crippen LogP contribution in [-0.4, -0.2) is 89.5 Å². The van der Waals surface area contributed by atoms with Crippen LogP contribution in [0.5, 0.6) is 11.5 Å². The van der Waals surface area contributed by atoms with Gasteiger partial charge in [0.2, 0.25) is 16.6 Å². The Morgan fingerprint density at radius 1 is 0.467 bits per heavy atom. The Bertz CT molecular complexity index is 1160. The van der Waals surface area contributed by atoms with Gasteiger partial charge in [0.25, 0.3) is 0 Å². The summed E-state index contributed by atoms with van der Waals surface area (Å²) in [6.45, 7) is 28.5. The lowest BCUT2D eigenvalue weighted by Crippen LogP contribution is -2.62. The molecule has 9 nitrogen and oxygen atoms in total. The Labute approximate surface area is 277 Å². The third-order valence-corrected chi connectivity index (χ3v) is 30.5.